The molecule has 0 saturated heterocycles. The minimum Gasteiger partial charge on any atom is -0.462 e. The van der Waals surface area contributed by atoms with Crippen LogP contribution in [0.5, 0.6) is 0 Å². The van der Waals surface area contributed by atoms with E-state index in [0.717, 1.165) is 31.2 Å². The third-order valence-electron chi connectivity index (χ3n) is 5.78. The minimum absolute atomic E-state index is 0.0711. The van der Waals surface area contributed by atoms with Crippen LogP contribution >= 0.6 is 0 Å². The van der Waals surface area contributed by atoms with E-state index >= 15 is 0 Å². The van der Waals surface area contributed by atoms with Gasteiger partial charge in [0.05, 0.1) is 6.61 Å². The molecule has 160 valence electrons. The molecule has 0 aromatic heterocycles. The molecule has 29 heavy (non-hydrogen) atoms. The maximum atomic E-state index is 13.0. The highest BCUT2D eigenvalue weighted by atomic mass is 16.6. The monoisotopic (exact) mass is 403 g/mol. The Morgan fingerprint density at radius 1 is 1.00 bits per heavy atom. The summed E-state index contributed by atoms with van der Waals surface area (Å²) in [5.74, 6) is 0.114. The van der Waals surface area contributed by atoms with Crippen molar-refractivity contribution in [2.24, 2.45) is 5.92 Å². The van der Waals surface area contributed by atoms with Crippen LogP contribution in [0.3, 0.4) is 0 Å². The van der Waals surface area contributed by atoms with Crippen LogP contribution in [0.25, 0.3) is 0 Å². The number of ether oxygens (including phenoxy) is 3. The summed E-state index contributed by atoms with van der Waals surface area (Å²) in [6, 6.07) is 9.10. The van der Waals surface area contributed by atoms with Gasteiger partial charge in [-0.25, -0.2) is 9.59 Å². The van der Waals surface area contributed by atoms with Crippen LogP contribution in [0.2, 0.25) is 0 Å². The molecular formula is C23H33NO5. The summed E-state index contributed by atoms with van der Waals surface area (Å²) in [5, 5.41) is 0. The van der Waals surface area contributed by atoms with Crippen molar-refractivity contribution in [3.63, 3.8) is 0 Å². The fourth-order valence-electron chi connectivity index (χ4n) is 4.06. The van der Waals surface area contributed by atoms with Gasteiger partial charge in [-0.05, 0) is 30.7 Å². The Morgan fingerprint density at radius 3 is 2.38 bits per heavy atom. The Balaban J connectivity index is 1.68. The van der Waals surface area contributed by atoms with Gasteiger partial charge in [-0.15, -0.1) is 0 Å². The summed E-state index contributed by atoms with van der Waals surface area (Å²) >= 11 is 0. The fourth-order valence-corrected chi connectivity index (χ4v) is 4.06. The van der Waals surface area contributed by atoms with Crippen molar-refractivity contribution >= 4 is 12.1 Å². The maximum absolute atomic E-state index is 13.0. The zero-order valence-corrected chi connectivity index (χ0v) is 17.4. The molecular weight excluding hydrogens is 370 g/mol. The van der Waals surface area contributed by atoms with Crippen molar-refractivity contribution in [2.45, 2.75) is 70.1 Å². The highest BCUT2D eigenvalue weighted by Crippen LogP contribution is 2.35. The molecule has 2 saturated carbocycles. The molecule has 0 bridgehead atoms. The predicted molar refractivity (Wildman–Crippen MR) is 109 cm³/mol. The van der Waals surface area contributed by atoms with Crippen LogP contribution in [0, 0.1) is 5.92 Å². The number of hydrogen-bond donors (Lipinski definition) is 0. The molecule has 2 fully saturated rings. The lowest BCUT2D eigenvalue weighted by Crippen LogP contribution is -2.48. The second kappa shape index (κ2) is 11.2. The number of rotatable bonds is 10. The topological polar surface area (TPSA) is 65.1 Å². The van der Waals surface area contributed by atoms with Gasteiger partial charge >= 0.3 is 12.1 Å². The third-order valence-corrected chi connectivity index (χ3v) is 5.78. The number of carbonyl (C=O) groups is 2. The van der Waals surface area contributed by atoms with E-state index in [2.05, 4.69) is 0 Å². The molecule has 1 aromatic rings. The molecule has 0 unspecified atom stereocenters. The molecule has 0 aliphatic heterocycles. The summed E-state index contributed by atoms with van der Waals surface area (Å²) in [4.78, 5) is 27.6. The molecule has 0 N–H and O–H groups in total. The van der Waals surface area contributed by atoms with Crippen LogP contribution < -0.4 is 0 Å². The van der Waals surface area contributed by atoms with Gasteiger partial charge in [0.1, 0.15) is 19.3 Å². The first kappa shape index (κ1) is 21.6. The Kier molecular flexibility index (Phi) is 8.35. The quantitative estimate of drug-likeness (QED) is 0.430. The third kappa shape index (κ3) is 6.74. The lowest BCUT2D eigenvalue weighted by atomic mass is 9.84. The van der Waals surface area contributed by atoms with Crippen molar-refractivity contribution in [3.8, 4) is 0 Å². The predicted octanol–water partition coefficient (Wildman–Crippen LogP) is 4.32. The largest absolute Gasteiger partial charge is 0.462 e. The molecule has 0 spiro atoms. The van der Waals surface area contributed by atoms with Crippen molar-refractivity contribution in [3.05, 3.63) is 35.9 Å². The second-order valence-corrected chi connectivity index (χ2v) is 8.09. The second-order valence-electron chi connectivity index (χ2n) is 8.09. The molecule has 0 heterocycles. The summed E-state index contributed by atoms with van der Waals surface area (Å²) in [6.07, 6.45) is 7.92. The molecule has 0 radical (unpaired) electrons. The van der Waals surface area contributed by atoms with Crippen molar-refractivity contribution in [1.29, 1.82) is 0 Å². The Labute approximate surface area is 173 Å². The molecule has 1 atom stereocenters. The van der Waals surface area contributed by atoms with Gasteiger partial charge in [0.15, 0.2) is 0 Å². The smallest absolute Gasteiger partial charge is 0.411 e. The first-order valence-electron chi connectivity index (χ1n) is 10.8. The SMILES string of the molecule is COCCOC(=O)[C@H](CC1CCCCC1)N(C(=O)OCc1ccccc1)C1CC1. The summed E-state index contributed by atoms with van der Waals surface area (Å²) in [7, 11) is 1.57. The lowest BCUT2D eigenvalue weighted by molar-refractivity contribution is -0.152. The van der Waals surface area contributed by atoms with Gasteiger partial charge in [-0.3, -0.25) is 4.90 Å². The van der Waals surface area contributed by atoms with Crippen LogP contribution in [0.15, 0.2) is 30.3 Å². The molecule has 2 aliphatic rings. The zero-order valence-electron chi connectivity index (χ0n) is 17.4. The molecule has 1 aromatic carbocycles. The van der Waals surface area contributed by atoms with Crippen LogP contribution in [-0.2, 0) is 25.6 Å². The number of amides is 1. The Bertz CT molecular complexity index is 640. The van der Waals surface area contributed by atoms with Crippen molar-refractivity contribution in [2.75, 3.05) is 20.3 Å². The molecule has 1 amide bonds. The van der Waals surface area contributed by atoms with Crippen LogP contribution in [-0.4, -0.2) is 49.4 Å². The van der Waals surface area contributed by atoms with Crippen LogP contribution in [0.1, 0.15) is 56.9 Å². The summed E-state index contributed by atoms with van der Waals surface area (Å²) in [6.45, 7) is 0.760. The number of hydrogen-bond acceptors (Lipinski definition) is 5. The lowest BCUT2D eigenvalue weighted by Gasteiger charge is -2.33. The first-order valence-corrected chi connectivity index (χ1v) is 10.8. The fraction of sp³-hybridized carbons (Fsp3) is 0.652. The van der Waals surface area contributed by atoms with Gasteiger partial charge in [-0.1, -0.05) is 62.4 Å². The van der Waals surface area contributed by atoms with E-state index in [4.69, 9.17) is 14.2 Å². The van der Waals surface area contributed by atoms with E-state index in [1.54, 1.807) is 12.0 Å². The van der Waals surface area contributed by atoms with E-state index in [1.807, 2.05) is 30.3 Å². The van der Waals surface area contributed by atoms with Gasteiger partial charge < -0.3 is 14.2 Å². The molecule has 6 heteroatoms. The number of methoxy groups -OCH3 is 1. The van der Waals surface area contributed by atoms with E-state index in [0.29, 0.717) is 18.9 Å². The Hall–Kier alpha value is -2.08. The minimum atomic E-state index is -0.578. The number of benzene rings is 1. The highest BCUT2D eigenvalue weighted by Gasteiger charge is 2.43. The van der Waals surface area contributed by atoms with E-state index < -0.39 is 12.1 Å². The number of carbonyl (C=O) groups excluding carboxylic acids is 2. The van der Waals surface area contributed by atoms with Gasteiger partial charge in [0.25, 0.3) is 0 Å². The Morgan fingerprint density at radius 2 is 1.72 bits per heavy atom. The van der Waals surface area contributed by atoms with E-state index in [9.17, 15) is 9.59 Å². The number of esters is 1. The maximum Gasteiger partial charge on any atom is 0.411 e. The normalized spacial score (nSPS) is 18.1. The zero-order chi connectivity index (χ0) is 20.5. The van der Waals surface area contributed by atoms with Crippen molar-refractivity contribution < 1.29 is 23.8 Å². The number of nitrogens with zero attached hydrogens (tertiary/aromatic N) is 1. The van der Waals surface area contributed by atoms with Crippen LogP contribution in [0.4, 0.5) is 4.79 Å². The van der Waals surface area contributed by atoms with Gasteiger partial charge in [0, 0.05) is 13.2 Å². The average molecular weight is 404 g/mol. The van der Waals surface area contributed by atoms with Crippen molar-refractivity contribution in [1.82, 2.24) is 4.90 Å². The average Bonchev–Trinajstić information content (AvgIpc) is 3.58. The summed E-state index contributed by atoms with van der Waals surface area (Å²) < 4.78 is 16.0. The molecule has 3 rings (SSSR count). The standard InChI is InChI=1S/C23H33NO5/c1-27-14-15-28-22(25)21(16-18-8-4-2-5-9-18)24(20-12-13-20)23(26)29-17-19-10-6-3-7-11-19/h3,6-7,10-11,18,20-21H,2,4-5,8-9,12-17H2,1H3/t21-/m0/s1. The highest BCUT2D eigenvalue weighted by molar-refractivity contribution is 5.82. The summed E-state index contributed by atoms with van der Waals surface area (Å²) in [5.41, 5.74) is 0.933. The van der Waals surface area contributed by atoms with E-state index in [-0.39, 0.29) is 25.2 Å². The van der Waals surface area contributed by atoms with Gasteiger partial charge in [0.2, 0.25) is 0 Å². The molecule has 2 aliphatic carbocycles. The van der Waals surface area contributed by atoms with E-state index in [1.165, 1.54) is 19.3 Å². The van der Waals surface area contributed by atoms with Gasteiger partial charge in [-0.2, -0.15) is 0 Å². The first-order chi connectivity index (χ1) is 14.2. The molecule has 6 nitrogen and oxygen atoms in total.